The fourth-order valence-electron chi connectivity index (χ4n) is 0.853. The van der Waals surface area contributed by atoms with Gasteiger partial charge in [-0.25, -0.2) is 4.98 Å². The SMILES string of the molecule is Cc1ncoc1C(=O)N[C@@H](C)C(N)=O. The first-order valence-electron chi connectivity index (χ1n) is 4.02. The number of aromatic nitrogens is 1. The lowest BCUT2D eigenvalue weighted by Crippen LogP contribution is -2.42. The summed E-state index contributed by atoms with van der Waals surface area (Å²) in [4.78, 5) is 25.8. The van der Waals surface area contributed by atoms with Crippen LogP contribution in [0.3, 0.4) is 0 Å². The zero-order chi connectivity index (χ0) is 10.7. The van der Waals surface area contributed by atoms with E-state index in [1.807, 2.05) is 0 Å². The Morgan fingerprint density at radius 1 is 1.64 bits per heavy atom. The van der Waals surface area contributed by atoms with Crippen molar-refractivity contribution in [1.29, 1.82) is 0 Å². The average Bonchev–Trinajstić information content (AvgIpc) is 2.51. The maximum atomic E-state index is 11.4. The van der Waals surface area contributed by atoms with Crippen LogP contribution in [0.4, 0.5) is 0 Å². The molecule has 0 radical (unpaired) electrons. The molecule has 14 heavy (non-hydrogen) atoms. The zero-order valence-electron chi connectivity index (χ0n) is 7.90. The van der Waals surface area contributed by atoms with Crippen LogP contribution in [0.2, 0.25) is 0 Å². The Labute approximate surface area is 80.5 Å². The molecular weight excluding hydrogens is 186 g/mol. The number of nitrogens with two attached hydrogens (primary N) is 1. The van der Waals surface area contributed by atoms with E-state index in [2.05, 4.69) is 10.3 Å². The number of rotatable bonds is 3. The number of amides is 2. The summed E-state index contributed by atoms with van der Waals surface area (Å²) in [6.07, 6.45) is 1.17. The molecule has 2 amide bonds. The molecule has 76 valence electrons. The highest BCUT2D eigenvalue weighted by molar-refractivity contribution is 5.95. The summed E-state index contributed by atoms with van der Waals surface area (Å²) in [5.41, 5.74) is 5.45. The number of hydrogen-bond donors (Lipinski definition) is 2. The van der Waals surface area contributed by atoms with Crippen LogP contribution >= 0.6 is 0 Å². The van der Waals surface area contributed by atoms with E-state index in [1.165, 1.54) is 13.3 Å². The predicted octanol–water partition coefficient (Wildman–Crippen LogP) is -0.413. The fourth-order valence-corrected chi connectivity index (χ4v) is 0.853. The molecule has 0 saturated carbocycles. The highest BCUT2D eigenvalue weighted by atomic mass is 16.3. The molecule has 3 N–H and O–H groups in total. The quantitative estimate of drug-likeness (QED) is 0.687. The summed E-state index contributed by atoms with van der Waals surface area (Å²) in [6, 6.07) is -0.730. The number of aryl methyl sites for hydroxylation is 1. The van der Waals surface area contributed by atoms with Gasteiger partial charge in [0, 0.05) is 0 Å². The van der Waals surface area contributed by atoms with Crippen molar-refractivity contribution in [2.75, 3.05) is 0 Å². The minimum absolute atomic E-state index is 0.0955. The zero-order valence-corrected chi connectivity index (χ0v) is 7.90. The van der Waals surface area contributed by atoms with Gasteiger partial charge in [-0.15, -0.1) is 0 Å². The third-order valence-corrected chi connectivity index (χ3v) is 1.73. The van der Waals surface area contributed by atoms with Gasteiger partial charge in [-0.1, -0.05) is 0 Å². The lowest BCUT2D eigenvalue weighted by molar-refractivity contribution is -0.119. The molecule has 0 fully saturated rings. The molecule has 1 rings (SSSR count). The van der Waals surface area contributed by atoms with Crippen LogP contribution in [-0.2, 0) is 4.79 Å². The van der Waals surface area contributed by atoms with E-state index in [1.54, 1.807) is 6.92 Å². The number of nitrogens with one attached hydrogen (secondary N) is 1. The number of primary amides is 1. The van der Waals surface area contributed by atoms with Crippen molar-refractivity contribution in [3.8, 4) is 0 Å². The third kappa shape index (κ3) is 2.09. The molecule has 0 saturated heterocycles. The topological polar surface area (TPSA) is 98.2 Å². The van der Waals surface area contributed by atoms with E-state index in [0.717, 1.165) is 0 Å². The molecule has 1 atom stereocenters. The summed E-state index contributed by atoms with van der Waals surface area (Å²) < 4.78 is 4.83. The molecular formula is C8H11N3O3. The van der Waals surface area contributed by atoms with Crippen molar-refractivity contribution in [2.24, 2.45) is 5.73 Å². The average molecular weight is 197 g/mol. The van der Waals surface area contributed by atoms with Crippen molar-refractivity contribution < 1.29 is 14.0 Å². The number of hydrogen-bond acceptors (Lipinski definition) is 4. The molecule has 0 aromatic carbocycles. The number of nitrogens with zero attached hydrogens (tertiary/aromatic N) is 1. The van der Waals surface area contributed by atoms with E-state index in [4.69, 9.17) is 10.2 Å². The molecule has 1 heterocycles. The molecule has 6 heteroatoms. The first-order valence-corrected chi connectivity index (χ1v) is 4.02. The van der Waals surface area contributed by atoms with Crippen LogP contribution in [0.25, 0.3) is 0 Å². The van der Waals surface area contributed by atoms with Gasteiger partial charge >= 0.3 is 0 Å². The second kappa shape index (κ2) is 3.91. The first kappa shape index (κ1) is 10.2. The van der Waals surface area contributed by atoms with Gasteiger partial charge in [0.05, 0.1) is 5.69 Å². The maximum absolute atomic E-state index is 11.4. The van der Waals surface area contributed by atoms with Crippen LogP contribution < -0.4 is 11.1 Å². The Morgan fingerprint density at radius 3 is 2.71 bits per heavy atom. The normalized spacial score (nSPS) is 12.1. The number of carbonyl (C=O) groups is 2. The Morgan fingerprint density at radius 2 is 2.29 bits per heavy atom. The van der Waals surface area contributed by atoms with Crippen LogP contribution in [0.5, 0.6) is 0 Å². The van der Waals surface area contributed by atoms with Crippen molar-refractivity contribution >= 4 is 11.8 Å². The summed E-state index contributed by atoms with van der Waals surface area (Å²) in [7, 11) is 0. The van der Waals surface area contributed by atoms with E-state index in [0.29, 0.717) is 5.69 Å². The Balaban J connectivity index is 2.69. The lowest BCUT2D eigenvalue weighted by atomic mass is 10.3. The second-order valence-electron chi connectivity index (χ2n) is 2.86. The minimum Gasteiger partial charge on any atom is -0.438 e. The molecule has 0 aliphatic heterocycles. The predicted molar refractivity (Wildman–Crippen MR) is 47.4 cm³/mol. The van der Waals surface area contributed by atoms with E-state index >= 15 is 0 Å². The van der Waals surface area contributed by atoms with Crippen molar-refractivity contribution in [3.63, 3.8) is 0 Å². The van der Waals surface area contributed by atoms with Gasteiger partial charge in [0.1, 0.15) is 6.04 Å². The number of carbonyl (C=O) groups excluding carboxylic acids is 2. The Kier molecular flexibility index (Phi) is 2.85. The van der Waals surface area contributed by atoms with Crippen molar-refractivity contribution in [2.45, 2.75) is 19.9 Å². The second-order valence-corrected chi connectivity index (χ2v) is 2.86. The van der Waals surface area contributed by atoms with Gasteiger partial charge in [-0.05, 0) is 13.8 Å². The summed E-state index contributed by atoms with van der Waals surface area (Å²) in [6.45, 7) is 3.12. The minimum atomic E-state index is -0.730. The molecule has 0 aliphatic carbocycles. The van der Waals surface area contributed by atoms with Crippen LogP contribution in [0.15, 0.2) is 10.8 Å². The summed E-state index contributed by atoms with van der Waals surface area (Å²) in [5, 5.41) is 2.38. The van der Waals surface area contributed by atoms with Gasteiger partial charge < -0.3 is 15.5 Å². The summed E-state index contributed by atoms with van der Waals surface area (Å²) >= 11 is 0. The molecule has 0 aliphatic rings. The van der Waals surface area contributed by atoms with E-state index < -0.39 is 17.9 Å². The summed E-state index contributed by atoms with van der Waals surface area (Å²) in [5.74, 6) is -1.00. The Hall–Kier alpha value is -1.85. The highest BCUT2D eigenvalue weighted by Crippen LogP contribution is 2.04. The standard InChI is InChI=1S/C8H11N3O3/c1-4-6(14-3-10-4)8(13)11-5(2)7(9)12/h3,5H,1-2H3,(H2,9,12)(H,11,13)/t5-/m0/s1. The van der Waals surface area contributed by atoms with Gasteiger partial charge in [0.15, 0.2) is 6.39 Å². The van der Waals surface area contributed by atoms with Gasteiger partial charge in [-0.2, -0.15) is 0 Å². The van der Waals surface area contributed by atoms with Gasteiger partial charge in [-0.3, -0.25) is 9.59 Å². The van der Waals surface area contributed by atoms with Crippen molar-refractivity contribution in [3.05, 3.63) is 17.8 Å². The van der Waals surface area contributed by atoms with Crippen molar-refractivity contribution in [1.82, 2.24) is 10.3 Å². The third-order valence-electron chi connectivity index (χ3n) is 1.73. The largest absolute Gasteiger partial charge is 0.438 e. The monoisotopic (exact) mass is 197 g/mol. The van der Waals surface area contributed by atoms with Crippen LogP contribution in [-0.4, -0.2) is 22.8 Å². The van der Waals surface area contributed by atoms with Gasteiger partial charge in [0.25, 0.3) is 5.91 Å². The molecule has 1 aromatic heterocycles. The Bertz CT molecular complexity index is 358. The van der Waals surface area contributed by atoms with Gasteiger partial charge in [0.2, 0.25) is 11.7 Å². The van der Waals surface area contributed by atoms with Crippen LogP contribution in [0, 0.1) is 6.92 Å². The molecule has 0 bridgehead atoms. The number of oxazole rings is 1. The first-order chi connectivity index (χ1) is 6.52. The maximum Gasteiger partial charge on any atom is 0.289 e. The smallest absolute Gasteiger partial charge is 0.289 e. The molecule has 0 spiro atoms. The molecule has 6 nitrogen and oxygen atoms in total. The molecule has 1 aromatic rings. The van der Waals surface area contributed by atoms with E-state index in [9.17, 15) is 9.59 Å². The van der Waals surface area contributed by atoms with E-state index in [-0.39, 0.29) is 5.76 Å². The van der Waals surface area contributed by atoms with Crippen LogP contribution in [0.1, 0.15) is 23.2 Å². The fraction of sp³-hybridized carbons (Fsp3) is 0.375. The highest BCUT2D eigenvalue weighted by Gasteiger charge is 2.18. The molecule has 0 unspecified atom stereocenters. The lowest BCUT2D eigenvalue weighted by Gasteiger charge is -2.07.